The molecule has 0 aromatic carbocycles. The second-order valence-corrected chi connectivity index (χ2v) is 4.61. The number of nitrogens with zero attached hydrogens (tertiary/aromatic N) is 1. The van der Waals surface area contributed by atoms with Gasteiger partial charge in [-0.1, -0.05) is 20.8 Å². The van der Waals surface area contributed by atoms with Crippen LogP contribution >= 0.6 is 0 Å². The van der Waals surface area contributed by atoms with E-state index >= 15 is 0 Å². The molecule has 0 amide bonds. The number of ketones is 1. The molecule has 0 N–H and O–H groups in total. The molecule has 14 heavy (non-hydrogen) atoms. The highest BCUT2D eigenvalue weighted by Gasteiger charge is 2.31. The first-order chi connectivity index (χ1) is 6.50. The van der Waals surface area contributed by atoms with E-state index in [-0.39, 0.29) is 11.2 Å². The van der Waals surface area contributed by atoms with E-state index in [1.54, 1.807) is 6.21 Å². The van der Waals surface area contributed by atoms with Crippen LogP contribution in [0.1, 0.15) is 47.0 Å². The van der Waals surface area contributed by atoms with E-state index in [4.69, 9.17) is 0 Å². The fourth-order valence-electron chi connectivity index (χ4n) is 2.01. The van der Waals surface area contributed by atoms with Crippen LogP contribution in [0.15, 0.2) is 16.3 Å². The zero-order chi connectivity index (χ0) is 10.8. The lowest BCUT2D eigenvalue weighted by molar-refractivity contribution is -0.118. The van der Waals surface area contributed by atoms with Gasteiger partial charge in [-0.3, -0.25) is 9.79 Å². The zero-order valence-electron chi connectivity index (χ0n) is 9.55. The fraction of sp³-hybridized carbons (Fsp3) is 0.667. The van der Waals surface area contributed by atoms with Crippen LogP contribution in [-0.2, 0) is 4.79 Å². The van der Waals surface area contributed by atoms with Gasteiger partial charge >= 0.3 is 0 Å². The summed E-state index contributed by atoms with van der Waals surface area (Å²) >= 11 is 0. The van der Waals surface area contributed by atoms with Gasteiger partial charge in [0.25, 0.3) is 0 Å². The van der Waals surface area contributed by atoms with Crippen molar-refractivity contribution in [2.24, 2.45) is 10.4 Å². The van der Waals surface area contributed by atoms with Crippen LogP contribution in [0.2, 0.25) is 0 Å². The molecule has 0 saturated heterocycles. The van der Waals surface area contributed by atoms with Gasteiger partial charge in [0.2, 0.25) is 0 Å². The largest absolute Gasteiger partial charge is 0.294 e. The lowest BCUT2D eigenvalue weighted by Gasteiger charge is -2.30. The highest BCUT2D eigenvalue weighted by atomic mass is 16.1. The summed E-state index contributed by atoms with van der Waals surface area (Å²) in [6, 6.07) is 0. The van der Waals surface area contributed by atoms with Gasteiger partial charge < -0.3 is 0 Å². The number of allylic oxidation sites excluding steroid dienone is 2. The van der Waals surface area contributed by atoms with Crippen molar-refractivity contribution < 1.29 is 4.79 Å². The quantitative estimate of drug-likeness (QED) is 0.619. The first kappa shape index (κ1) is 11.2. The first-order valence-corrected chi connectivity index (χ1v) is 5.24. The van der Waals surface area contributed by atoms with Crippen LogP contribution in [0.4, 0.5) is 0 Å². The topological polar surface area (TPSA) is 29.4 Å². The van der Waals surface area contributed by atoms with E-state index in [0.717, 1.165) is 24.1 Å². The van der Waals surface area contributed by atoms with Crippen LogP contribution in [0.3, 0.4) is 0 Å². The molecule has 1 aliphatic rings. The Hall–Kier alpha value is -0.920. The summed E-state index contributed by atoms with van der Waals surface area (Å²) < 4.78 is 0. The minimum Gasteiger partial charge on any atom is -0.294 e. The van der Waals surface area contributed by atoms with E-state index in [1.807, 2.05) is 13.8 Å². The summed E-state index contributed by atoms with van der Waals surface area (Å²) in [5.41, 5.74) is 2.01. The standard InChI is InChI=1S/C12H19NO/c1-5-9-10(13-6-2)7-12(3,4)8-11(9)14/h6H,5,7-8H2,1-4H3. The Kier molecular flexibility index (Phi) is 3.25. The van der Waals surface area contributed by atoms with Crippen molar-refractivity contribution in [2.45, 2.75) is 47.0 Å². The Morgan fingerprint density at radius 3 is 2.57 bits per heavy atom. The maximum atomic E-state index is 11.8. The van der Waals surface area contributed by atoms with Gasteiger partial charge in [0.05, 0.1) is 0 Å². The van der Waals surface area contributed by atoms with Gasteiger partial charge in [0.15, 0.2) is 5.78 Å². The molecule has 0 radical (unpaired) electrons. The Balaban J connectivity index is 3.08. The fourth-order valence-corrected chi connectivity index (χ4v) is 2.01. The van der Waals surface area contributed by atoms with Crippen molar-refractivity contribution in [1.82, 2.24) is 0 Å². The average Bonchev–Trinajstić information content (AvgIpc) is 2.02. The highest BCUT2D eigenvalue weighted by Crippen LogP contribution is 2.37. The predicted molar refractivity (Wildman–Crippen MR) is 59.5 cm³/mol. The monoisotopic (exact) mass is 193 g/mol. The minimum absolute atomic E-state index is 0.0809. The zero-order valence-corrected chi connectivity index (χ0v) is 9.55. The maximum absolute atomic E-state index is 11.8. The van der Waals surface area contributed by atoms with Gasteiger partial charge in [-0.25, -0.2) is 0 Å². The molecule has 2 nitrogen and oxygen atoms in total. The maximum Gasteiger partial charge on any atom is 0.161 e. The second-order valence-electron chi connectivity index (χ2n) is 4.61. The number of Topliss-reactive ketones (excluding diaryl/α,β-unsaturated/α-hetero) is 1. The van der Waals surface area contributed by atoms with Gasteiger partial charge in [-0.05, 0) is 25.2 Å². The number of carbonyl (C=O) groups excluding carboxylic acids is 1. The smallest absolute Gasteiger partial charge is 0.161 e. The summed E-state index contributed by atoms with van der Waals surface area (Å²) in [7, 11) is 0. The van der Waals surface area contributed by atoms with Gasteiger partial charge in [0, 0.05) is 23.9 Å². The summed E-state index contributed by atoms with van der Waals surface area (Å²) in [5.74, 6) is 0.282. The molecule has 0 fully saturated rings. The second kappa shape index (κ2) is 4.07. The van der Waals surface area contributed by atoms with E-state index in [0.29, 0.717) is 6.42 Å². The number of carbonyl (C=O) groups is 1. The summed E-state index contributed by atoms with van der Waals surface area (Å²) in [4.78, 5) is 16.1. The number of aliphatic imine (C=N–C) groups is 1. The Labute approximate surface area is 86.1 Å². The van der Waals surface area contributed by atoms with Crippen molar-refractivity contribution in [3.63, 3.8) is 0 Å². The highest BCUT2D eigenvalue weighted by molar-refractivity contribution is 5.97. The van der Waals surface area contributed by atoms with E-state index in [2.05, 4.69) is 18.8 Å². The molecule has 0 atom stereocenters. The third-order valence-corrected chi connectivity index (χ3v) is 2.61. The third-order valence-electron chi connectivity index (χ3n) is 2.61. The molecule has 0 spiro atoms. The van der Waals surface area contributed by atoms with Crippen LogP contribution in [-0.4, -0.2) is 12.0 Å². The lowest BCUT2D eigenvalue weighted by atomic mass is 9.75. The van der Waals surface area contributed by atoms with Gasteiger partial charge in [-0.15, -0.1) is 0 Å². The number of hydrogen-bond donors (Lipinski definition) is 0. The first-order valence-electron chi connectivity index (χ1n) is 5.24. The van der Waals surface area contributed by atoms with Crippen molar-refractivity contribution in [3.8, 4) is 0 Å². The van der Waals surface area contributed by atoms with E-state index < -0.39 is 0 Å². The minimum atomic E-state index is 0.0809. The molecule has 0 bridgehead atoms. The molecule has 0 aromatic heterocycles. The van der Waals surface area contributed by atoms with Crippen molar-refractivity contribution in [3.05, 3.63) is 11.3 Å². The van der Waals surface area contributed by atoms with Crippen LogP contribution in [0, 0.1) is 5.41 Å². The average molecular weight is 193 g/mol. The van der Waals surface area contributed by atoms with Crippen LogP contribution in [0.25, 0.3) is 0 Å². The molecule has 0 heterocycles. The van der Waals surface area contributed by atoms with Crippen molar-refractivity contribution in [2.75, 3.05) is 0 Å². The molecular weight excluding hydrogens is 174 g/mol. The number of hydrogen-bond acceptors (Lipinski definition) is 2. The van der Waals surface area contributed by atoms with E-state index in [9.17, 15) is 4.79 Å². The summed E-state index contributed by atoms with van der Waals surface area (Å²) in [5, 5.41) is 0. The Morgan fingerprint density at radius 1 is 1.43 bits per heavy atom. The molecule has 2 heteroatoms. The summed E-state index contributed by atoms with van der Waals surface area (Å²) in [6.07, 6.45) is 4.17. The van der Waals surface area contributed by atoms with Crippen LogP contribution in [0.5, 0.6) is 0 Å². The third kappa shape index (κ3) is 2.31. The molecule has 1 aliphatic carbocycles. The predicted octanol–water partition coefficient (Wildman–Crippen LogP) is 3.13. The Bertz CT molecular complexity index is 297. The summed E-state index contributed by atoms with van der Waals surface area (Å²) in [6.45, 7) is 8.17. The molecule has 0 saturated carbocycles. The van der Waals surface area contributed by atoms with Crippen LogP contribution < -0.4 is 0 Å². The molecule has 0 unspecified atom stereocenters. The molecule has 0 aliphatic heterocycles. The molecule has 0 aromatic rings. The molecular formula is C12H19NO. The van der Waals surface area contributed by atoms with Gasteiger partial charge in [0.1, 0.15) is 0 Å². The van der Waals surface area contributed by atoms with Gasteiger partial charge in [-0.2, -0.15) is 0 Å². The number of rotatable bonds is 2. The normalized spacial score (nSPS) is 22.1. The van der Waals surface area contributed by atoms with Crippen molar-refractivity contribution in [1.29, 1.82) is 0 Å². The lowest BCUT2D eigenvalue weighted by Crippen LogP contribution is -2.25. The van der Waals surface area contributed by atoms with Crippen molar-refractivity contribution >= 4 is 12.0 Å². The molecule has 1 rings (SSSR count). The van der Waals surface area contributed by atoms with E-state index in [1.165, 1.54) is 0 Å². The molecule has 78 valence electrons. The Morgan fingerprint density at radius 2 is 2.07 bits per heavy atom. The SMILES string of the molecule is CC=NC1=C(CC)C(=O)CC(C)(C)C1.